The number of nitrogens with zero attached hydrogens (tertiary/aromatic N) is 1. The minimum absolute atomic E-state index is 0.219. The number of carbonyl (C=O) groups is 2. The molecule has 0 bridgehead atoms. The van der Waals surface area contributed by atoms with Crippen molar-refractivity contribution in [1.82, 2.24) is 0 Å². The van der Waals surface area contributed by atoms with Crippen molar-refractivity contribution < 1.29 is 19.1 Å². The van der Waals surface area contributed by atoms with E-state index in [0.717, 1.165) is 11.1 Å². The Balaban J connectivity index is 1.80. The number of nitrogens with one attached hydrogen (secondary N) is 1. The lowest BCUT2D eigenvalue weighted by Crippen LogP contribution is -2.32. The van der Waals surface area contributed by atoms with Crippen LogP contribution in [0.2, 0.25) is 0 Å². The first-order chi connectivity index (χ1) is 15.9. The second-order valence-electron chi connectivity index (χ2n) is 7.78. The van der Waals surface area contributed by atoms with Gasteiger partial charge < -0.3 is 14.8 Å². The second-order valence-corrected chi connectivity index (χ2v) is 7.78. The number of amides is 2. The minimum Gasteiger partial charge on any atom is -0.497 e. The third-order valence-electron chi connectivity index (χ3n) is 5.63. The average molecular weight is 443 g/mol. The van der Waals surface area contributed by atoms with Gasteiger partial charge in [-0.2, -0.15) is 0 Å². The first-order valence-electron chi connectivity index (χ1n) is 10.8. The third-order valence-corrected chi connectivity index (χ3v) is 5.63. The zero-order valence-electron chi connectivity index (χ0n) is 19.1. The highest BCUT2D eigenvalue weighted by Crippen LogP contribution is 2.35. The van der Waals surface area contributed by atoms with Crippen molar-refractivity contribution >= 4 is 28.8 Å². The van der Waals surface area contributed by atoms with E-state index in [4.69, 9.17) is 9.47 Å². The topological polar surface area (TPSA) is 67.9 Å². The molecular formula is C27H26N2O4. The van der Waals surface area contributed by atoms with Gasteiger partial charge in [0, 0.05) is 11.8 Å². The molecule has 3 aromatic rings. The molecule has 0 saturated carbocycles. The van der Waals surface area contributed by atoms with Gasteiger partial charge in [0.15, 0.2) is 0 Å². The van der Waals surface area contributed by atoms with Gasteiger partial charge >= 0.3 is 0 Å². The Bertz CT molecular complexity index is 1250. The van der Waals surface area contributed by atoms with Crippen LogP contribution in [-0.4, -0.2) is 25.5 Å². The Morgan fingerprint density at radius 2 is 1.61 bits per heavy atom. The molecule has 0 atom stereocenters. The summed E-state index contributed by atoms with van der Waals surface area (Å²) < 4.78 is 10.8. The summed E-state index contributed by atoms with van der Waals surface area (Å²) in [4.78, 5) is 28.4. The van der Waals surface area contributed by atoms with Crippen molar-refractivity contribution in [2.75, 3.05) is 23.9 Å². The summed E-state index contributed by atoms with van der Waals surface area (Å²) in [7, 11) is 1.58. The predicted octanol–water partition coefficient (Wildman–Crippen LogP) is 5.11. The second kappa shape index (κ2) is 9.20. The summed E-state index contributed by atoms with van der Waals surface area (Å²) in [5.41, 5.74) is 4.45. The summed E-state index contributed by atoms with van der Waals surface area (Å²) >= 11 is 0. The van der Waals surface area contributed by atoms with E-state index in [1.54, 1.807) is 43.5 Å². The quantitative estimate of drug-likeness (QED) is 0.515. The maximum Gasteiger partial charge on any atom is 0.282 e. The van der Waals surface area contributed by atoms with Crippen LogP contribution in [0, 0.1) is 13.8 Å². The van der Waals surface area contributed by atoms with Gasteiger partial charge in [0.25, 0.3) is 11.8 Å². The Labute approximate surface area is 193 Å². The number of aryl methyl sites for hydroxylation is 2. The largest absolute Gasteiger partial charge is 0.497 e. The Kier molecular flexibility index (Phi) is 6.18. The molecule has 6 heteroatoms. The molecule has 0 unspecified atom stereocenters. The third kappa shape index (κ3) is 4.32. The first kappa shape index (κ1) is 22.1. The molecule has 1 N–H and O–H groups in total. The molecule has 0 aliphatic carbocycles. The lowest BCUT2D eigenvalue weighted by Gasteiger charge is -2.17. The molecule has 0 saturated heterocycles. The van der Waals surface area contributed by atoms with Gasteiger partial charge in [-0.25, -0.2) is 4.90 Å². The van der Waals surface area contributed by atoms with Crippen molar-refractivity contribution in [3.8, 4) is 11.5 Å². The average Bonchev–Trinajstić information content (AvgIpc) is 3.05. The number of benzene rings is 3. The maximum atomic E-state index is 13.6. The van der Waals surface area contributed by atoms with Crippen molar-refractivity contribution in [3.05, 3.63) is 89.1 Å². The zero-order valence-corrected chi connectivity index (χ0v) is 19.1. The Morgan fingerprint density at radius 3 is 2.27 bits per heavy atom. The highest BCUT2D eigenvalue weighted by atomic mass is 16.5. The Morgan fingerprint density at radius 1 is 0.848 bits per heavy atom. The van der Waals surface area contributed by atoms with E-state index in [0.29, 0.717) is 40.6 Å². The SMILES string of the molecule is CCOc1cccc(NC2=C(c3ccc(OC)cc3)C(=O)N(c3ccc(C)c(C)c3)C2=O)c1. The van der Waals surface area contributed by atoms with Crippen LogP contribution in [0.1, 0.15) is 23.6 Å². The highest BCUT2D eigenvalue weighted by molar-refractivity contribution is 6.46. The number of ether oxygens (including phenoxy) is 2. The van der Waals surface area contributed by atoms with Crippen LogP contribution in [0.3, 0.4) is 0 Å². The molecular weight excluding hydrogens is 416 g/mol. The summed E-state index contributed by atoms with van der Waals surface area (Å²) in [5.74, 6) is 0.561. The summed E-state index contributed by atoms with van der Waals surface area (Å²) in [6.45, 7) is 6.39. The fourth-order valence-electron chi connectivity index (χ4n) is 3.74. The molecule has 0 fully saturated rings. The van der Waals surface area contributed by atoms with Gasteiger partial charge in [0.1, 0.15) is 17.2 Å². The van der Waals surface area contributed by atoms with E-state index in [9.17, 15) is 9.59 Å². The van der Waals surface area contributed by atoms with Gasteiger partial charge in [-0.3, -0.25) is 9.59 Å². The van der Waals surface area contributed by atoms with Gasteiger partial charge in [0.2, 0.25) is 0 Å². The van der Waals surface area contributed by atoms with Gasteiger partial charge in [-0.15, -0.1) is 0 Å². The van der Waals surface area contributed by atoms with Crippen LogP contribution in [0.25, 0.3) is 5.57 Å². The molecule has 33 heavy (non-hydrogen) atoms. The molecule has 0 radical (unpaired) electrons. The molecule has 1 aliphatic rings. The number of hydrogen-bond donors (Lipinski definition) is 1. The van der Waals surface area contributed by atoms with Crippen molar-refractivity contribution in [2.45, 2.75) is 20.8 Å². The minimum atomic E-state index is -0.407. The van der Waals surface area contributed by atoms with Crippen molar-refractivity contribution in [1.29, 1.82) is 0 Å². The number of carbonyl (C=O) groups excluding carboxylic acids is 2. The highest BCUT2D eigenvalue weighted by Gasteiger charge is 2.40. The van der Waals surface area contributed by atoms with Crippen LogP contribution in [0.15, 0.2) is 72.4 Å². The number of methoxy groups -OCH3 is 1. The summed E-state index contributed by atoms with van der Waals surface area (Å²) in [6, 6.07) is 20.0. The van der Waals surface area contributed by atoms with E-state index in [1.807, 2.05) is 51.1 Å². The monoisotopic (exact) mass is 442 g/mol. The van der Waals surface area contributed by atoms with Crippen LogP contribution in [0.5, 0.6) is 11.5 Å². The zero-order chi connectivity index (χ0) is 23.5. The van der Waals surface area contributed by atoms with Crippen molar-refractivity contribution in [3.63, 3.8) is 0 Å². The van der Waals surface area contributed by atoms with Gasteiger partial charge in [-0.1, -0.05) is 24.3 Å². The molecule has 6 nitrogen and oxygen atoms in total. The predicted molar refractivity (Wildman–Crippen MR) is 130 cm³/mol. The van der Waals surface area contributed by atoms with E-state index < -0.39 is 5.91 Å². The number of imide groups is 1. The van der Waals surface area contributed by atoms with E-state index in [-0.39, 0.29) is 11.6 Å². The number of hydrogen-bond acceptors (Lipinski definition) is 5. The Hall–Kier alpha value is -4.06. The molecule has 1 aliphatic heterocycles. The molecule has 0 aromatic heterocycles. The molecule has 0 spiro atoms. The lowest BCUT2D eigenvalue weighted by molar-refractivity contribution is -0.120. The van der Waals surface area contributed by atoms with E-state index >= 15 is 0 Å². The first-order valence-corrected chi connectivity index (χ1v) is 10.8. The van der Waals surface area contributed by atoms with Crippen LogP contribution in [0.4, 0.5) is 11.4 Å². The maximum absolute atomic E-state index is 13.6. The molecule has 1 heterocycles. The lowest BCUT2D eigenvalue weighted by atomic mass is 10.0. The van der Waals surface area contributed by atoms with Gasteiger partial charge in [0.05, 0.1) is 25.0 Å². The van der Waals surface area contributed by atoms with E-state index in [2.05, 4.69) is 5.32 Å². The fourth-order valence-corrected chi connectivity index (χ4v) is 3.74. The van der Waals surface area contributed by atoms with Crippen molar-refractivity contribution in [2.24, 2.45) is 0 Å². The van der Waals surface area contributed by atoms with Crippen LogP contribution in [-0.2, 0) is 9.59 Å². The van der Waals surface area contributed by atoms with E-state index in [1.165, 1.54) is 4.90 Å². The normalized spacial score (nSPS) is 13.5. The van der Waals surface area contributed by atoms with Crippen LogP contribution >= 0.6 is 0 Å². The summed E-state index contributed by atoms with van der Waals surface area (Å²) in [5, 5.41) is 3.18. The number of anilines is 2. The number of rotatable bonds is 7. The molecule has 4 rings (SSSR count). The fraction of sp³-hybridized carbons (Fsp3) is 0.185. The molecule has 2 amide bonds. The van der Waals surface area contributed by atoms with Gasteiger partial charge in [-0.05, 0) is 73.9 Å². The van der Waals surface area contributed by atoms with Crippen LogP contribution < -0.4 is 19.7 Å². The molecule has 3 aromatic carbocycles. The molecule has 168 valence electrons. The smallest absolute Gasteiger partial charge is 0.282 e. The summed E-state index contributed by atoms with van der Waals surface area (Å²) in [6.07, 6.45) is 0. The standard InChI is InChI=1S/C27H26N2O4/c1-5-33-23-8-6-7-20(16-23)28-25-24(19-10-13-22(32-4)14-11-19)26(30)29(27(25)31)21-12-9-17(2)18(3)15-21/h6-16,28H,5H2,1-4H3.